The summed E-state index contributed by atoms with van der Waals surface area (Å²) < 4.78 is 56.2. The summed E-state index contributed by atoms with van der Waals surface area (Å²) in [7, 11) is 0. The Hall–Kier alpha value is -2.79. The number of hydrogen-bond donors (Lipinski definition) is 0. The topological polar surface area (TPSA) is 18.5 Å². The van der Waals surface area contributed by atoms with Crippen molar-refractivity contribution in [2.75, 3.05) is 13.2 Å². The van der Waals surface area contributed by atoms with Crippen molar-refractivity contribution >= 4 is 0 Å². The van der Waals surface area contributed by atoms with Crippen LogP contribution in [0, 0.1) is 17.5 Å². The molecule has 1 aliphatic carbocycles. The van der Waals surface area contributed by atoms with Gasteiger partial charge in [0.15, 0.2) is 11.6 Å². The van der Waals surface area contributed by atoms with Crippen LogP contribution in [0.25, 0.3) is 22.3 Å². The van der Waals surface area contributed by atoms with Crippen LogP contribution < -0.4 is 4.74 Å². The fourth-order valence-electron chi connectivity index (χ4n) is 5.57. The second-order valence-corrected chi connectivity index (χ2v) is 11.0. The number of hydrogen-bond acceptors (Lipinski definition) is 2. The van der Waals surface area contributed by atoms with E-state index in [2.05, 4.69) is 13.8 Å². The molecule has 0 aliphatic heterocycles. The van der Waals surface area contributed by atoms with Crippen LogP contribution in [0.1, 0.15) is 96.0 Å². The molecule has 0 bridgehead atoms. The average Bonchev–Trinajstić information content (AvgIpc) is 2.98. The Labute approximate surface area is 237 Å². The molecule has 0 heterocycles. The summed E-state index contributed by atoms with van der Waals surface area (Å²) in [6.45, 7) is 5.50. The van der Waals surface area contributed by atoms with Gasteiger partial charge in [0.05, 0.1) is 12.7 Å². The lowest BCUT2D eigenvalue weighted by molar-refractivity contribution is 0.0230. The molecule has 0 radical (unpaired) electrons. The molecule has 3 aromatic rings. The van der Waals surface area contributed by atoms with Gasteiger partial charge in [0, 0.05) is 12.2 Å². The number of ether oxygens (including phenoxy) is 2. The quantitative estimate of drug-likeness (QED) is 0.185. The molecule has 0 N–H and O–H groups in total. The Morgan fingerprint density at radius 1 is 0.650 bits per heavy atom. The zero-order valence-electron chi connectivity index (χ0n) is 24.0. The molecular weight excluding hydrogens is 509 g/mol. The summed E-state index contributed by atoms with van der Waals surface area (Å²) in [5.41, 5.74) is 3.09. The first-order valence-electron chi connectivity index (χ1n) is 15.1. The molecule has 40 heavy (non-hydrogen) atoms. The van der Waals surface area contributed by atoms with Crippen LogP contribution in [0.4, 0.5) is 13.2 Å². The Morgan fingerprint density at radius 2 is 1.32 bits per heavy atom. The monoisotopic (exact) mass is 552 g/mol. The van der Waals surface area contributed by atoms with Crippen molar-refractivity contribution in [3.63, 3.8) is 0 Å². The molecule has 0 saturated heterocycles. The first-order valence-corrected chi connectivity index (χ1v) is 15.1. The number of unbranched alkanes of at least 4 members (excludes halogenated alkanes) is 5. The second kappa shape index (κ2) is 15.3. The van der Waals surface area contributed by atoms with E-state index in [-0.39, 0.29) is 23.0 Å². The van der Waals surface area contributed by atoms with E-state index in [1.165, 1.54) is 12.5 Å². The highest BCUT2D eigenvalue weighted by Gasteiger charge is 2.25. The fraction of sp³-hybridized carbons (Fsp3) is 0.486. The van der Waals surface area contributed by atoms with Gasteiger partial charge in [-0.2, -0.15) is 4.39 Å². The maximum atomic E-state index is 15.2. The maximum absolute atomic E-state index is 15.2. The van der Waals surface area contributed by atoms with E-state index in [1.807, 2.05) is 24.3 Å². The SMILES string of the molecule is CCCCCCCOc1ccc(-c2ccc(-c3ccc(C4CCC(OCCCC)CC4)c(F)c3)cc2)c(F)c1F. The van der Waals surface area contributed by atoms with Crippen LogP contribution >= 0.6 is 0 Å². The minimum Gasteiger partial charge on any atom is -0.490 e. The van der Waals surface area contributed by atoms with Crippen molar-refractivity contribution in [1.82, 2.24) is 0 Å². The third kappa shape index (κ3) is 7.90. The molecule has 216 valence electrons. The third-order valence-electron chi connectivity index (χ3n) is 8.05. The molecule has 0 atom stereocenters. The summed E-state index contributed by atoms with van der Waals surface area (Å²) >= 11 is 0. The molecule has 1 saturated carbocycles. The van der Waals surface area contributed by atoms with E-state index in [1.54, 1.807) is 24.3 Å². The van der Waals surface area contributed by atoms with Crippen LogP contribution in [-0.2, 0) is 4.74 Å². The highest BCUT2D eigenvalue weighted by Crippen LogP contribution is 2.37. The minimum absolute atomic E-state index is 0.0542. The Kier molecular flexibility index (Phi) is 11.5. The van der Waals surface area contributed by atoms with Crippen molar-refractivity contribution in [2.24, 2.45) is 0 Å². The number of benzene rings is 3. The second-order valence-electron chi connectivity index (χ2n) is 11.0. The maximum Gasteiger partial charge on any atom is 0.201 e. The molecule has 2 nitrogen and oxygen atoms in total. The smallest absolute Gasteiger partial charge is 0.201 e. The first-order chi connectivity index (χ1) is 19.5. The zero-order valence-corrected chi connectivity index (χ0v) is 24.0. The molecule has 0 spiro atoms. The predicted molar refractivity (Wildman–Crippen MR) is 157 cm³/mol. The van der Waals surface area contributed by atoms with Gasteiger partial charge >= 0.3 is 0 Å². The van der Waals surface area contributed by atoms with Gasteiger partial charge < -0.3 is 9.47 Å². The highest BCUT2D eigenvalue weighted by atomic mass is 19.2. The average molecular weight is 553 g/mol. The summed E-state index contributed by atoms with van der Waals surface area (Å²) in [6, 6.07) is 15.6. The minimum atomic E-state index is -0.964. The van der Waals surface area contributed by atoms with Gasteiger partial charge in [-0.15, -0.1) is 0 Å². The molecule has 1 aliphatic rings. The van der Waals surface area contributed by atoms with Gasteiger partial charge in [0.25, 0.3) is 0 Å². The Bertz CT molecular complexity index is 1200. The van der Waals surface area contributed by atoms with Crippen molar-refractivity contribution in [3.05, 3.63) is 77.6 Å². The largest absolute Gasteiger partial charge is 0.490 e. The van der Waals surface area contributed by atoms with Crippen molar-refractivity contribution in [1.29, 1.82) is 0 Å². The molecule has 4 rings (SSSR count). The van der Waals surface area contributed by atoms with E-state index >= 15 is 4.39 Å². The summed E-state index contributed by atoms with van der Waals surface area (Å²) in [4.78, 5) is 0. The van der Waals surface area contributed by atoms with E-state index in [4.69, 9.17) is 9.47 Å². The van der Waals surface area contributed by atoms with E-state index in [0.717, 1.165) is 87.5 Å². The molecule has 0 aromatic heterocycles. The molecule has 1 fully saturated rings. The van der Waals surface area contributed by atoms with Gasteiger partial charge in [-0.05, 0) is 84.9 Å². The summed E-state index contributed by atoms with van der Waals surface area (Å²) in [6.07, 6.45) is 11.6. The lowest BCUT2D eigenvalue weighted by atomic mass is 9.82. The number of rotatable bonds is 14. The van der Waals surface area contributed by atoms with Crippen molar-refractivity contribution in [2.45, 2.75) is 96.5 Å². The van der Waals surface area contributed by atoms with E-state index < -0.39 is 11.6 Å². The normalized spacial score (nSPS) is 17.2. The zero-order chi connectivity index (χ0) is 28.3. The molecule has 0 amide bonds. The van der Waals surface area contributed by atoms with Crippen molar-refractivity contribution in [3.8, 4) is 28.0 Å². The Balaban J connectivity index is 1.37. The predicted octanol–water partition coefficient (Wildman–Crippen LogP) is 10.6. The van der Waals surface area contributed by atoms with Crippen LogP contribution in [-0.4, -0.2) is 19.3 Å². The van der Waals surface area contributed by atoms with Gasteiger partial charge in [-0.3, -0.25) is 0 Å². The van der Waals surface area contributed by atoms with E-state index in [9.17, 15) is 8.78 Å². The molecule has 3 aromatic carbocycles. The summed E-state index contributed by atoms with van der Waals surface area (Å²) in [5.74, 6) is -1.91. The molecule has 0 unspecified atom stereocenters. The molecular formula is C35H43F3O2. The van der Waals surface area contributed by atoms with E-state index in [0.29, 0.717) is 18.3 Å². The van der Waals surface area contributed by atoms with Crippen LogP contribution in [0.3, 0.4) is 0 Å². The summed E-state index contributed by atoms with van der Waals surface area (Å²) in [5, 5.41) is 0. The number of halogens is 3. The molecule has 5 heteroatoms. The van der Waals surface area contributed by atoms with Crippen molar-refractivity contribution < 1.29 is 22.6 Å². The lowest BCUT2D eigenvalue weighted by Crippen LogP contribution is -2.21. The van der Waals surface area contributed by atoms with Gasteiger partial charge in [-0.25, -0.2) is 8.78 Å². The third-order valence-corrected chi connectivity index (χ3v) is 8.05. The highest BCUT2D eigenvalue weighted by molar-refractivity contribution is 5.71. The standard InChI is InChI=1S/C35H43F3O2/c1-3-5-7-8-9-23-40-33-21-20-31(34(37)35(33)38)27-12-10-25(11-13-27)28-16-19-30(32(36)24-28)26-14-17-29(18-15-26)39-22-6-4-2/h10-13,16,19-21,24,26,29H,3-9,14-15,17-18,22-23H2,1-2H3. The van der Waals surface area contributed by atoms with Crippen LogP contribution in [0.2, 0.25) is 0 Å². The lowest BCUT2D eigenvalue weighted by Gasteiger charge is -2.29. The van der Waals surface area contributed by atoms with Gasteiger partial charge in [0.2, 0.25) is 5.82 Å². The van der Waals surface area contributed by atoms with Gasteiger partial charge in [-0.1, -0.05) is 82.3 Å². The van der Waals surface area contributed by atoms with Crippen LogP contribution in [0.5, 0.6) is 5.75 Å². The first kappa shape index (κ1) is 30.2. The Morgan fingerprint density at radius 3 is 2.02 bits per heavy atom. The van der Waals surface area contributed by atoms with Crippen LogP contribution in [0.15, 0.2) is 54.6 Å². The fourth-order valence-corrected chi connectivity index (χ4v) is 5.57. The van der Waals surface area contributed by atoms with Gasteiger partial charge in [0.1, 0.15) is 5.82 Å².